The van der Waals surface area contributed by atoms with Crippen molar-refractivity contribution in [2.45, 2.75) is 36.4 Å². The molecule has 0 bridgehead atoms. The van der Waals surface area contributed by atoms with Crippen molar-refractivity contribution < 1.29 is 20.1 Å². The van der Waals surface area contributed by atoms with Crippen LogP contribution in [0, 0.1) is 0 Å². The first-order valence-electron chi connectivity index (χ1n) is 6.71. The molecule has 1 saturated heterocycles. The summed E-state index contributed by atoms with van der Waals surface area (Å²) in [6.45, 7) is 0.976. The monoisotopic (exact) mass is 309 g/mol. The summed E-state index contributed by atoms with van der Waals surface area (Å²) in [5.41, 5.74) is 0.712. The van der Waals surface area contributed by atoms with Crippen molar-refractivity contribution in [3.63, 3.8) is 0 Å². The summed E-state index contributed by atoms with van der Waals surface area (Å²) < 4.78 is 7.04. The SMILES string of the molecule is C[C@]1(O)[C@H](n2cnc3c(=O)[nH]c(N)nc32)O[C@@]2(CO)C[C@@]21O. The topological polar surface area (TPSA) is 160 Å². The van der Waals surface area contributed by atoms with Crippen LogP contribution in [0.5, 0.6) is 0 Å². The molecule has 22 heavy (non-hydrogen) atoms. The number of aromatic amines is 1. The van der Waals surface area contributed by atoms with Gasteiger partial charge in [0.05, 0.1) is 12.9 Å². The van der Waals surface area contributed by atoms with E-state index in [4.69, 9.17) is 10.5 Å². The summed E-state index contributed by atoms with van der Waals surface area (Å²) in [6, 6.07) is 0. The van der Waals surface area contributed by atoms with Gasteiger partial charge >= 0.3 is 0 Å². The normalized spacial score (nSPS) is 40.1. The number of anilines is 1. The number of aliphatic hydroxyl groups excluding tert-OH is 1. The average molecular weight is 309 g/mol. The van der Waals surface area contributed by atoms with Gasteiger partial charge in [-0.15, -0.1) is 0 Å². The minimum Gasteiger partial charge on any atom is -0.393 e. The molecule has 4 atom stereocenters. The maximum atomic E-state index is 11.8. The number of nitrogen functional groups attached to an aromatic ring is 1. The van der Waals surface area contributed by atoms with Crippen LogP contribution in [0.1, 0.15) is 19.6 Å². The zero-order valence-electron chi connectivity index (χ0n) is 11.6. The molecule has 1 saturated carbocycles. The van der Waals surface area contributed by atoms with Gasteiger partial charge in [0, 0.05) is 6.42 Å². The molecule has 0 radical (unpaired) electrons. The van der Waals surface area contributed by atoms with Gasteiger partial charge in [-0.25, -0.2) is 4.98 Å². The van der Waals surface area contributed by atoms with Gasteiger partial charge in [-0.2, -0.15) is 4.98 Å². The number of imidazole rings is 1. The number of nitrogens with two attached hydrogens (primary N) is 1. The maximum absolute atomic E-state index is 11.8. The Balaban J connectivity index is 1.89. The fourth-order valence-electron chi connectivity index (χ4n) is 3.35. The van der Waals surface area contributed by atoms with Crippen molar-refractivity contribution in [2.24, 2.45) is 0 Å². The van der Waals surface area contributed by atoms with E-state index in [-0.39, 0.29) is 23.5 Å². The lowest BCUT2D eigenvalue weighted by Gasteiger charge is -2.31. The second-order valence-electron chi connectivity index (χ2n) is 6.08. The van der Waals surface area contributed by atoms with E-state index in [1.54, 1.807) is 0 Å². The minimum absolute atomic E-state index is 0.0409. The predicted molar refractivity (Wildman–Crippen MR) is 72.7 cm³/mol. The fourth-order valence-corrected chi connectivity index (χ4v) is 3.35. The Kier molecular flexibility index (Phi) is 2.27. The van der Waals surface area contributed by atoms with Crippen molar-refractivity contribution >= 4 is 17.1 Å². The molecule has 1 aliphatic carbocycles. The van der Waals surface area contributed by atoms with Gasteiger partial charge in [-0.05, 0) is 6.92 Å². The van der Waals surface area contributed by atoms with Crippen LogP contribution >= 0.6 is 0 Å². The third-order valence-electron chi connectivity index (χ3n) is 4.78. The standard InChI is InChI=1S/C12H15N5O5/c1-10(20)8(22-11(3-18)2-12(10,11)21)17-4-14-5-6(17)15-9(13)16-7(5)19/h4,8,18,20-21H,2-3H2,1H3,(H3,13,15,16,19)/t8-,10+,11-,12+/m1/s1. The zero-order chi connectivity index (χ0) is 15.9. The number of H-pyrrole nitrogens is 1. The number of aliphatic hydroxyl groups is 3. The second-order valence-corrected chi connectivity index (χ2v) is 6.08. The van der Waals surface area contributed by atoms with E-state index in [1.807, 2.05) is 0 Å². The van der Waals surface area contributed by atoms with Gasteiger partial charge in [-0.3, -0.25) is 14.3 Å². The molecule has 118 valence electrons. The molecule has 2 fully saturated rings. The lowest BCUT2D eigenvalue weighted by atomic mass is 9.94. The first-order chi connectivity index (χ1) is 10.3. The number of ether oxygens (including phenoxy) is 1. The Morgan fingerprint density at radius 1 is 1.59 bits per heavy atom. The highest BCUT2D eigenvalue weighted by molar-refractivity contribution is 5.70. The third kappa shape index (κ3) is 1.31. The summed E-state index contributed by atoms with van der Waals surface area (Å²) in [4.78, 5) is 22.1. The number of fused-ring (bicyclic) bond motifs is 2. The van der Waals surface area contributed by atoms with Crippen LogP contribution in [0.3, 0.4) is 0 Å². The van der Waals surface area contributed by atoms with Crippen molar-refractivity contribution in [1.29, 1.82) is 0 Å². The van der Waals surface area contributed by atoms with Crippen LogP contribution in [-0.4, -0.2) is 58.2 Å². The van der Waals surface area contributed by atoms with Gasteiger partial charge in [0.2, 0.25) is 5.95 Å². The Hall–Kier alpha value is -2.01. The highest BCUT2D eigenvalue weighted by atomic mass is 16.6. The van der Waals surface area contributed by atoms with Crippen LogP contribution in [0.2, 0.25) is 0 Å². The average Bonchev–Trinajstić information content (AvgIpc) is 2.77. The molecule has 10 nitrogen and oxygen atoms in total. The van der Waals surface area contributed by atoms with Crippen LogP contribution in [0.4, 0.5) is 5.95 Å². The first-order valence-corrected chi connectivity index (χ1v) is 6.71. The Morgan fingerprint density at radius 2 is 2.32 bits per heavy atom. The van der Waals surface area contributed by atoms with Crippen LogP contribution < -0.4 is 11.3 Å². The van der Waals surface area contributed by atoms with Gasteiger partial charge in [-0.1, -0.05) is 0 Å². The highest BCUT2D eigenvalue weighted by Crippen LogP contribution is 2.66. The summed E-state index contributed by atoms with van der Waals surface area (Å²) in [7, 11) is 0. The molecule has 2 aromatic rings. The molecule has 10 heteroatoms. The summed E-state index contributed by atoms with van der Waals surface area (Å²) in [6.07, 6.45) is 0.352. The van der Waals surface area contributed by atoms with E-state index in [9.17, 15) is 20.1 Å². The molecule has 6 N–H and O–H groups in total. The molecule has 0 unspecified atom stereocenters. The number of nitrogens with zero attached hydrogens (tertiary/aromatic N) is 3. The Morgan fingerprint density at radius 3 is 2.95 bits per heavy atom. The summed E-state index contributed by atoms with van der Waals surface area (Å²) in [5, 5.41) is 30.7. The number of rotatable bonds is 2. The van der Waals surface area contributed by atoms with E-state index >= 15 is 0 Å². The highest BCUT2D eigenvalue weighted by Gasteiger charge is 2.84. The molecule has 0 aromatic carbocycles. The number of nitrogens with one attached hydrogen (secondary N) is 1. The van der Waals surface area contributed by atoms with Crippen molar-refractivity contribution in [1.82, 2.24) is 19.5 Å². The Bertz CT molecular complexity index is 844. The first kappa shape index (κ1) is 13.6. The van der Waals surface area contributed by atoms with E-state index < -0.39 is 35.2 Å². The van der Waals surface area contributed by atoms with Gasteiger partial charge in [0.15, 0.2) is 17.4 Å². The van der Waals surface area contributed by atoms with Crippen molar-refractivity contribution in [3.05, 3.63) is 16.7 Å². The lowest BCUT2D eigenvalue weighted by molar-refractivity contribution is -0.141. The zero-order valence-corrected chi connectivity index (χ0v) is 11.6. The Labute approximate surface area is 123 Å². The summed E-state index contributed by atoms with van der Waals surface area (Å²) >= 11 is 0. The van der Waals surface area contributed by atoms with Crippen molar-refractivity contribution in [3.8, 4) is 0 Å². The van der Waals surface area contributed by atoms with E-state index in [0.29, 0.717) is 0 Å². The van der Waals surface area contributed by atoms with Crippen LogP contribution in [0.15, 0.2) is 11.1 Å². The fraction of sp³-hybridized carbons (Fsp3) is 0.583. The molecule has 2 aliphatic rings. The minimum atomic E-state index is -1.69. The molecule has 2 aromatic heterocycles. The van der Waals surface area contributed by atoms with Gasteiger partial charge in [0.1, 0.15) is 16.8 Å². The molecular weight excluding hydrogens is 294 g/mol. The largest absolute Gasteiger partial charge is 0.393 e. The van der Waals surface area contributed by atoms with Gasteiger partial charge < -0.3 is 25.8 Å². The quantitative estimate of drug-likeness (QED) is 0.419. The number of aromatic nitrogens is 4. The van der Waals surface area contributed by atoms with E-state index in [1.165, 1.54) is 17.8 Å². The molecule has 4 rings (SSSR count). The van der Waals surface area contributed by atoms with Gasteiger partial charge in [0.25, 0.3) is 5.56 Å². The second kappa shape index (κ2) is 3.66. The summed E-state index contributed by atoms with van der Waals surface area (Å²) in [5.74, 6) is -0.0994. The van der Waals surface area contributed by atoms with E-state index in [0.717, 1.165) is 0 Å². The van der Waals surface area contributed by atoms with E-state index in [2.05, 4.69) is 15.0 Å². The third-order valence-corrected chi connectivity index (χ3v) is 4.78. The van der Waals surface area contributed by atoms with Crippen LogP contribution in [-0.2, 0) is 4.74 Å². The molecule has 0 spiro atoms. The van der Waals surface area contributed by atoms with Crippen LogP contribution in [0.25, 0.3) is 11.2 Å². The predicted octanol–water partition coefficient (Wildman–Crippen LogP) is -2.15. The number of hydrogen-bond donors (Lipinski definition) is 5. The maximum Gasteiger partial charge on any atom is 0.280 e. The molecule has 3 heterocycles. The van der Waals surface area contributed by atoms with Crippen molar-refractivity contribution in [2.75, 3.05) is 12.3 Å². The lowest BCUT2D eigenvalue weighted by Crippen LogP contribution is -2.46. The molecule has 1 aliphatic heterocycles. The number of hydrogen-bond acceptors (Lipinski definition) is 8. The molecule has 0 amide bonds. The molecular formula is C12H15N5O5. The smallest absolute Gasteiger partial charge is 0.280 e.